The summed E-state index contributed by atoms with van der Waals surface area (Å²) in [5, 5.41) is 4.64. The average Bonchev–Trinajstić information content (AvgIpc) is 2.48. The van der Waals surface area contributed by atoms with E-state index < -0.39 is 0 Å². The van der Waals surface area contributed by atoms with Crippen LogP contribution in [0.2, 0.25) is 5.02 Å². The largest absolute Gasteiger partial charge is 0.312 e. The summed E-state index contributed by atoms with van der Waals surface area (Å²) in [7, 11) is 4.39. The summed E-state index contributed by atoms with van der Waals surface area (Å²) in [5.74, 6) is 0. The van der Waals surface area contributed by atoms with Crippen LogP contribution >= 0.6 is 11.6 Å². The van der Waals surface area contributed by atoms with Crippen LogP contribution in [0, 0.1) is 0 Å². The summed E-state index contributed by atoms with van der Waals surface area (Å²) in [4.78, 5) is 2.39. The van der Waals surface area contributed by atoms with Gasteiger partial charge in [-0.1, -0.05) is 50.6 Å². The molecule has 1 atom stereocenters. The Morgan fingerprint density at radius 3 is 2.24 bits per heavy atom. The van der Waals surface area contributed by atoms with Crippen LogP contribution in [0.5, 0.6) is 0 Å². The molecule has 0 aliphatic carbocycles. The predicted octanol–water partition coefficient (Wildman–Crippen LogP) is 4.37. The molecular formula is C18H31ClN2. The van der Waals surface area contributed by atoms with Crippen molar-refractivity contribution >= 4 is 11.6 Å². The minimum absolute atomic E-state index is 0.161. The van der Waals surface area contributed by atoms with Crippen molar-refractivity contribution in [1.82, 2.24) is 10.2 Å². The molecule has 0 radical (unpaired) electrons. The van der Waals surface area contributed by atoms with Gasteiger partial charge in [0.2, 0.25) is 0 Å². The van der Waals surface area contributed by atoms with Crippen LogP contribution in [0.15, 0.2) is 24.3 Å². The highest BCUT2D eigenvalue weighted by Gasteiger charge is 2.37. The average molecular weight is 311 g/mol. The van der Waals surface area contributed by atoms with E-state index in [4.69, 9.17) is 11.6 Å². The first-order chi connectivity index (χ1) is 10.0. The molecular weight excluding hydrogens is 280 g/mol. The molecule has 0 aliphatic rings. The molecule has 0 fully saturated rings. The van der Waals surface area contributed by atoms with Crippen LogP contribution in [0.25, 0.3) is 0 Å². The van der Waals surface area contributed by atoms with Crippen LogP contribution in [0.3, 0.4) is 0 Å². The second kappa shape index (κ2) is 8.77. The fourth-order valence-corrected chi connectivity index (χ4v) is 3.55. The van der Waals surface area contributed by atoms with Gasteiger partial charge in [0.05, 0.1) is 0 Å². The first-order valence-corrected chi connectivity index (χ1v) is 8.53. The molecule has 1 unspecified atom stereocenters. The van der Waals surface area contributed by atoms with Gasteiger partial charge in [0, 0.05) is 16.6 Å². The Balaban J connectivity index is 3.06. The molecule has 0 saturated heterocycles. The van der Waals surface area contributed by atoms with Gasteiger partial charge < -0.3 is 10.2 Å². The normalized spacial score (nSPS) is 13.7. The fourth-order valence-electron chi connectivity index (χ4n) is 3.34. The molecule has 1 aromatic rings. The number of nitrogens with zero attached hydrogens (tertiary/aromatic N) is 1. The maximum atomic E-state index is 6.38. The highest BCUT2D eigenvalue weighted by molar-refractivity contribution is 6.31. The smallest absolute Gasteiger partial charge is 0.0438 e. The molecule has 1 N–H and O–H groups in total. The molecule has 2 nitrogen and oxygen atoms in total. The zero-order valence-corrected chi connectivity index (χ0v) is 15.0. The molecule has 120 valence electrons. The molecule has 0 amide bonds. The van der Waals surface area contributed by atoms with E-state index in [1.165, 1.54) is 5.56 Å². The monoisotopic (exact) mass is 310 g/mol. The van der Waals surface area contributed by atoms with Crippen LogP contribution in [-0.2, 0) is 6.42 Å². The Labute approximate surface area is 135 Å². The second-order valence-corrected chi connectivity index (χ2v) is 6.41. The van der Waals surface area contributed by atoms with Gasteiger partial charge in [-0.05, 0) is 58.0 Å². The molecule has 0 spiro atoms. The second-order valence-electron chi connectivity index (χ2n) is 6.01. The summed E-state index contributed by atoms with van der Waals surface area (Å²) in [6.45, 7) is 7.84. The first-order valence-electron chi connectivity index (χ1n) is 8.16. The third-order valence-electron chi connectivity index (χ3n) is 4.79. The highest BCUT2D eigenvalue weighted by Crippen LogP contribution is 2.29. The molecule has 3 heteroatoms. The molecule has 1 aromatic carbocycles. The van der Waals surface area contributed by atoms with Crippen LogP contribution in [0.1, 0.15) is 45.6 Å². The SMILES string of the molecule is CCCNC(Cc1ccccc1Cl)C(CC)(CC)N(C)C. The molecule has 0 bridgehead atoms. The molecule has 0 saturated carbocycles. The lowest BCUT2D eigenvalue weighted by Crippen LogP contribution is -2.59. The van der Waals surface area contributed by atoms with Crippen molar-refractivity contribution in [3.8, 4) is 0 Å². The van der Waals surface area contributed by atoms with Crippen LogP contribution in [-0.4, -0.2) is 37.1 Å². The van der Waals surface area contributed by atoms with E-state index in [-0.39, 0.29) is 5.54 Å². The van der Waals surface area contributed by atoms with E-state index in [9.17, 15) is 0 Å². The lowest BCUT2D eigenvalue weighted by Gasteiger charge is -2.46. The number of likely N-dealkylation sites (N-methyl/N-ethyl adjacent to an activating group) is 1. The van der Waals surface area contributed by atoms with E-state index in [1.54, 1.807) is 0 Å². The number of hydrogen-bond donors (Lipinski definition) is 1. The lowest BCUT2D eigenvalue weighted by atomic mass is 9.80. The Hall–Kier alpha value is -0.570. The summed E-state index contributed by atoms with van der Waals surface area (Å²) in [6, 6.07) is 8.62. The van der Waals surface area contributed by atoms with Crippen molar-refractivity contribution in [3.63, 3.8) is 0 Å². The van der Waals surface area contributed by atoms with Gasteiger partial charge in [-0.3, -0.25) is 0 Å². The topological polar surface area (TPSA) is 15.3 Å². The number of hydrogen-bond acceptors (Lipinski definition) is 2. The number of nitrogens with one attached hydrogen (secondary N) is 1. The Bertz CT molecular complexity index is 413. The van der Waals surface area contributed by atoms with Gasteiger partial charge in [0.1, 0.15) is 0 Å². The molecule has 0 heterocycles. The highest BCUT2D eigenvalue weighted by atomic mass is 35.5. The summed E-state index contributed by atoms with van der Waals surface area (Å²) in [5.41, 5.74) is 1.40. The zero-order chi connectivity index (χ0) is 15.9. The van der Waals surface area contributed by atoms with E-state index >= 15 is 0 Å². The van der Waals surface area contributed by atoms with Gasteiger partial charge in [-0.15, -0.1) is 0 Å². The van der Waals surface area contributed by atoms with Gasteiger partial charge in [0.15, 0.2) is 0 Å². The molecule has 1 rings (SSSR count). The maximum absolute atomic E-state index is 6.38. The van der Waals surface area contributed by atoms with E-state index in [1.807, 2.05) is 12.1 Å². The standard InChI is InChI=1S/C18H31ClN2/c1-6-13-20-17(18(7-2,8-3)21(4)5)14-15-11-9-10-12-16(15)19/h9-12,17,20H,6-8,13-14H2,1-5H3. The van der Waals surface area contributed by atoms with Crippen molar-refractivity contribution in [2.24, 2.45) is 0 Å². The molecule has 21 heavy (non-hydrogen) atoms. The lowest BCUT2D eigenvalue weighted by molar-refractivity contribution is 0.0881. The predicted molar refractivity (Wildman–Crippen MR) is 94.2 cm³/mol. The van der Waals surface area contributed by atoms with Crippen LogP contribution in [0.4, 0.5) is 0 Å². The number of benzene rings is 1. The quantitative estimate of drug-likeness (QED) is 0.728. The minimum Gasteiger partial charge on any atom is -0.312 e. The third kappa shape index (κ3) is 4.45. The molecule has 0 aromatic heterocycles. The van der Waals surface area contributed by atoms with E-state index in [0.717, 1.165) is 37.3 Å². The summed E-state index contributed by atoms with van der Waals surface area (Å²) < 4.78 is 0. The number of halogens is 1. The summed E-state index contributed by atoms with van der Waals surface area (Å²) in [6.07, 6.45) is 4.38. The Morgan fingerprint density at radius 2 is 1.76 bits per heavy atom. The maximum Gasteiger partial charge on any atom is 0.0438 e. The zero-order valence-electron chi connectivity index (χ0n) is 14.2. The van der Waals surface area contributed by atoms with Crippen molar-refractivity contribution in [2.45, 2.75) is 58.0 Å². The van der Waals surface area contributed by atoms with Crippen molar-refractivity contribution in [2.75, 3.05) is 20.6 Å². The van der Waals surface area contributed by atoms with Crippen molar-refractivity contribution in [1.29, 1.82) is 0 Å². The van der Waals surface area contributed by atoms with Crippen molar-refractivity contribution in [3.05, 3.63) is 34.9 Å². The van der Waals surface area contributed by atoms with Gasteiger partial charge in [-0.2, -0.15) is 0 Å². The Kier molecular flexibility index (Phi) is 7.72. The fraction of sp³-hybridized carbons (Fsp3) is 0.667. The van der Waals surface area contributed by atoms with Gasteiger partial charge in [-0.25, -0.2) is 0 Å². The van der Waals surface area contributed by atoms with Crippen molar-refractivity contribution < 1.29 is 0 Å². The van der Waals surface area contributed by atoms with Gasteiger partial charge >= 0.3 is 0 Å². The summed E-state index contributed by atoms with van der Waals surface area (Å²) >= 11 is 6.38. The van der Waals surface area contributed by atoms with Crippen LogP contribution < -0.4 is 5.32 Å². The molecule has 0 aliphatic heterocycles. The first kappa shape index (κ1) is 18.5. The minimum atomic E-state index is 0.161. The number of rotatable bonds is 9. The van der Waals surface area contributed by atoms with E-state index in [2.05, 4.69) is 57.2 Å². The Morgan fingerprint density at radius 1 is 1.14 bits per heavy atom. The van der Waals surface area contributed by atoms with Gasteiger partial charge in [0.25, 0.3) is 0 Å². The van der Waals surface area contributed by atoms with E-state index in [0.29, 0.717) is 6.04 Å². The third-order valence-corrected chi connectivity index (χ3v) is 5.16.